The average molecular weight is 354 g/mol. The molecule has 24 heavy (non-hydrogen) atoms. The van der Waals surface area contributed by atoms with Gasteiger partial charge in [0.2, 0.25) is 6.04 Å². The fraction of sp³-hybridized carbons (Fsp3) is 0.312. The molecule has 0 aliphatic rings. The molecule has 0 saturated carbocycles. The Kier molecular flexibility index (Phi) is 5.81. The normalized spacial score (nSPS) is 10.7. The maximum atomic E-state index is 12.3. The minimum absolute atomic E-state index is 0.0632. The van der Waals surface area contributed by atoms with Crippen molar-refractivity contribution in [2.75, 3.05) is 13.2 Å². The van der Waals surface area contributed by atoms with E-state index in [1.807, 2.05) is 0 Å². The molecule has 0 spiro atoms. The second-order valence-electron chi connectivity index (χ2n) is 4.70. The molecule has 0 atom stereocenters. The van der Waals surface area contributed by atoms with Crippen molar-refractivity contribution in [1.29, 1.82) is 0 Å². The summed E-state index contributed by atoms with van der Waals surface area (Å²) in [6.45, 7) is 3.30. The van der Waals surface area contributed by atoms with Gasteiger partial charge in [-0.05, 0) is 38.1 Å². The van der Waals surface area contributed by atoms with E-state index in [1.54, 1.807) is 32.0 Å². The summed E-state index contributed by atoms with van der Waals surface area (Å²) in [4.78, 5) is 36.0. The number of nitrogens with one attached hydrogen (secondary N) is 1. The highest BCUT2D eigenvalue weighted by Crippen LogP contribution is 2.23. The van der Waals surface area contributed by atoms with Gasteiger partial charge in [-0.25, -0.2) is 9.59 Å². The molecule has 2 rings (SSSR count). The zero-order valence-electron chi connectivity index (χ0n) is 13.1. The third kappa shape index (κ3) is 4.05. The molecule has 0 unspecified atom stereocenters. The van der Waals surface area contributed by atoms with Gasteiger partial charge in [-0.15, -0.1) is 0 Å². The molecule has 2 aromatic rings. The van der Waals surface area contributed by atoms with E-state index in [-0.39, 0.29) is 19.0 Å². The number of halogens is 1. The molecule has 1 aromatic heterocycles. The second-order valence-corrected chi connectivity index (χ2v) is 5.14. The number of amides is 1. The average Bonchev–Trinajstić information content (AvgIpc) is 2.95. The first kappa shape index (κ1) is 17.8. The van der Waals surface area contributed by atoms with Crippen LogP contribution in [-0.2, 0) is 19.1 Å². The fourth-order valence-corrected chi connectivity index (χ4v) is 2.17. The number of fused-ring (bicyclic) bond motifs is 1. The molecule has 0 saturated heterocycles. The van der Waals surface area contributed by atoms with Gasteiger partial charge < -0.3 is 19.2 Å². The summed E-state index contributed by atoms with van der Waals surface area (Å²) in [5.74, 6) is -2.61. The Morgan fingerprint density at radius 2 is 1.75 bits per heavy atom. The summed E-state index contributed by atoms with van der Waals surface area (Å²) < 4.78 is 15.0. The van der Waals surface area contributed by atoms with Gasteiger partial charge in [0.15, 0.2) is 5.76 Å². The van der Waals surface area contributed by atoms with Gasteiger partial charge in [-0.2, -0.15) is 0 Å². The molecule has 1 amide bonds. The van der Waals surface area contributed by atoms with Crippen molar-refractivity contribution in [3.8, 4) is 0 Å². The largest absolute Gasteiger partial charge is 0.464 e. The van der Waals surface area contributed by atoms with Crippen LogP contribution in [0, 0.1) is 0 Å². The van der Waals surface area contributed by atoms with E-state index < -0.39 is 23.9 Å². The third-order valence-corrected chi connectivity index (χ3v) is 3.26. The summed E-state index contributed by atoms with van der Waals surface area (Å²) in [5, 5.41) is 3.38. The zero-order valence-corrected chi connectivity index (χ0v) is 13.9. The van der Waals surface area contributed by atoms with Crippen molar-refractivity contribution >= 4 is 40.4 Å². The number of esters is 2. The van der Waals surface area contributed by atoms with E-state index in [0.29, 0.717) is 16.0 Å². The molecule has 0 fully saturated rings. The Hall–Kier alpha value is -2.54. The van der Waals surface area contributed by atoms with Crippen LogP contribution in [0.15, 0.2) is 28.7 Å². The second kappa shape index (κ2) is 7.83. The van der Waals surface area contributed by atoms with Crippen LogP contribution in [0.1, 0.15) is 24.4 Å². The van der Waals surface area contributed by atoms with Gasteiger partial charge in [0.05, 0.1) is 13.2 Å². The number of benzene rings is 1. The van der Waals surface area contributed by atoms with Gasteiger partial charge in [-0.3, -0.25) is 4.79 Å². The lowest BCUT2D eigenvalue weighted by Gasteiger charge is -2.15. The topological polar surface area (TPSA) is 94.8 Å². The van der Waals surface area contributed by atoms with Gasteiger partial charge in [-0.1, -0.05) is 11.6 Å². The molecule has 8 heteroatoms. The van der Waals surface area contributed by atoms with Crippen LogP contribution >= 0.6 is 11.6 Å². The quantitative estimate of drug-likeness (QED) is 0.632. The van der Waals surface area contributed by atoms with Gasteiger partial charge in [0.25, 0.3) is 5.91 Å². The van der Waals surface area contributed by atoms with Crippen LogP contribution in [0.2, 0.25) is 5.02 Å². The predicted molar refractivity (Wildman–Crippen MR) is 85.7 cm³/mol. The van der Waals surface area contributed by atoms with Crippen LogP contribution in [-0.4, -0.2) is 37.1 Å². The Morgan fingerprint density at radius 1 is 1.12 bits per heavy atom. The molecule has 0 aliphatic carbocycles. The lowest BCUT2D eigenvalue weighted by molar-refractivity contribution is -0.157. The van der Waals surface area contributed by atoms with Crippen LogP contribution in [0.25, 0.3) is 11.0 Å². The van der Waals surface area contributed by atoms with Gasteiger partial charge in [0, 0.05) is 10.4 Å². The lowest BCUT2D eigenvalue weighted by Crippen LogP contribution is -2.48. The molecular weight excluding hydrogens is 338 g/mol. The highest BCUT2D eigenvalue weighted by Gasteiger charge is 2.32. The summed E-state index contributed by atoms with van der Waals surface area (Å²) in [6, 6.07) is 4.77. The Morgan fingerprint density at radius 3 is 2.33 bits per heavy atom. The van der Waals surface area contributed by atoms with E-state index in [9.17, 15) is 14.4 Å². The van der Waals surface area contributed by atoms with Crippen molar-refractivity contribution in [1.82, 2.24) is 5.32 Å². The minimum Gasteiger partial charge on any atom is -0.464 e. The molecule has 1 aromatic carbocycles. The number of rotatable bonds is 6. The minimum atomic E-state index is -1.56. The first-order chi connectivity index (χ1) is 11.5. The Balaban J connectivity index is 2.21. The molecule has 0 radical (unpaired) electrons. The van der Waals surface area contributed by atoms with E-state index in [4.69, 9.17) is 25.5 Å². The molecule has 1 N–H and O–H groups in total. The number of hydrogen-bond acceptors (Lipinski definition) is 6. The molecule has 128 valence electrons. The summed E-state index contributed by atoms with van der Waals surface area (Å²) >= 11 is 5.88. The summed E-state index contributed by atoms with van der Waals surface area (Å²) in [7, 11) is 0. The third-order valence-electron chi connectivity index (χ3n) is 3.02. The number of hydrogen-bond donors (Lipinski definition) is 1. The highest BCUT2D eigenvalue weighted by molar-refractivity contribution is 6.31. The van der Waals surface area contributed by atoms with E-state index in [2.05, 4.69) is 5.32 Å². The van der Waals surface area contributed by atoms with Crippen molar-refractivity contribution in [3.63, 3.8) is 0 Å². The molecular formula is C16H16ClNO6. The van der Waals surface area contributed by atoms with Crippen molar-refractivity contribution in [2.24, 2.45) is 0 Å². The molecule has 0 bridgehead atoms. The van der Waals surface area contributed by atoms with Crippen LogP contribution in [0.4, 0.5) is 0 Å². The van der Waals surface area contributed by atoms with Crippen LogP contribution in [0.5, 0.6) is 0 Å². The van der Waals surface area contributed by atoms with E-state index in [0.717, 1.165) is 0 Å². The molecule has 7 nitrogen and oxygen atoms in total. The fourth-order valence-electron chi connectivity index (χ4n) is 1.99. The molecule has 0 aliphatic heterocycles. The Bertz CT molecular complexity index is 751. The van der Waals surface area contributed by atoms with Gasteiger partial charge in [0.1, 0.15) is 5.58 Å². The predicted octanol–water partition coefficient (Wildman–Crippen LogP) is 2.31. The maximum Gasteiger partial charge on any atom is 0.340 e. The maximum absolute atomic E-state index is 12.3. The standard InChI is InChI=1S/C16H16ClNO6/c1-3-22-15(20)13(16(21)23-4-2)18-14(19)12-8-9-7-10(17)5-6-11(9)24-12/h5-8,13H,3-4H2,1-2H3,(H,18,19). The summed E-state index contributed by atoms with van der Waals surface area (Å²) in [5.41, 5.74) is 0.452. The number of furan rings is 1. The lowest BCUT2D eigenvalue weighted by atomic mass is 10.2. The van der Waals surface area contributed by atoms with Crippen LogP contribution < -0.4 is 5.32 Å². The zero-order chi connectivity index (χ0) is 17.7. The first-order valence-corrected chi connectivity index (χ1v) is 7.67. The van der Waals surface area contributed by atoms with Crippen molar-refractivity contribution < 1.29 is 28.3 Å². The Labute approximate surface area is 142 Å². The smallest absolute Gasteiger partial charge is 0.340 e. The van der Waals surface area contributed by atoms with Gasteiger partial charge >= 0.3 is 11.9 Å². The molecule has 1 heterocycles. The SMILES string of the molecule is CCOC(=O)C(NC(=O)c1cc2cc(Cl)ccc2o1)C(=O)OCC. The van der Waals surface area contributed by atoms with E-state index >= 15 is 0 Å². The number of carbonyl (C=O) groups is 3. The summed E-state index contributed by atoms with van der Waals surface area (Å²) in [6.07, 6.45) is 0. The number of ether oxygens (including phenoxy) is 2. The van der Waals surface area contributed by atoms with Crippen molar-refractivity contribution in [2.45, 2.75) is 19.9 Å². The highest BCUT2D eigenvalue weighted by atomic mass is 35.5. The van der Waals surface area contributed by atoms with Crippen molar-refractivity contribution in [3.05, 3.63) is 35.0 Å². The number of carbonyl (C=O) groups excluding carboxylic acids is 3. The first-order valence-electron chi connectivity index (χ1n) is 7.29. The van der Waals surface area contributed by atoms with Crippen LogP contribution in [0.3, 0.4) is 0 Å². The van der Waals surface area contributed by atoms with E-state index in [1.165, 1.54) is 6.07 Å². The monoisotopic (exact) mass is 353 g/mol.